The molecule has 0 aromatic heterocycles. The fraction of sp³-hybridized carbons (Fsp3) is 0.100. The zero-order chi connectivity index (χ0) is 24.4. The van der Waals surface area contributed by atoms with E-state index in [-0.39, 0.29) is 21.9 Å². The van der Waals surface area contributed by atoms with Gasteiger partial charge < -0.3 is 9.84 Å². The molecule has 13 heteroatoms. The quantitative estimate of drug-likeness (QED) is 0.244. The third-order valence-electron chi connectivity index (χ3n) is 4.55. The summed E-state index contributed by atoms with van der Waals surface area (Å²) in [6, 6.07) is 12.6. The number of aryl methyl sites for hydroxylation is 1. The number of nitrogens with one attached hydrogen (secondary N) is 2. The van der Waals surface area contributed by atoms with Crippen LogP contribution in [0.15, 0.2) is 70.5 Å². The van der Waals surface area contributed by atoms with Crippen LogP contribution in [0, 0.1) is 17.0 Å². The van der Waals surface area contributed by atoms with Gasteiger partial charge in [0.25, 0.3) is 25.7 Å². The summed E-state index contributed by atoms with van der Waals surface area (Å²) in [5.74, 6) is -0.278. The van der Waals surface area contributed by atoms with Crippen molar-refractivity contribution in [2.45, 2.75) is 16.7 Å². The van der Waals surface area contributed by atoms with Gasteiger partial charge in [0.1, 0.15) is 11.5 Å². The molecule has 0 unspecified atom stereocenters. The third-order valence-corrected chi connectivity index (χ3v) is 7.42. The van der Waals surface area contributed by atoms with Gasteiger partial charge in [-0.25, -0.2) is 16.8 Å². The number of aromatic hydroxyl groups is 1. The lowest BCUT2D eigenvalue weighted by Gasteiger charge is -2.14. The van der Waals surface area contributed by atoms with Crippen molar-refractivity contribution in [1.82, 2.24) is 0 Å². The Morgan fingerprint density at radius 2 is 1.58 bits per heavy atom. The average Bonchev–Trinajstić information content (AvgIpc) is 2.75. The van der Waals surface area contributed by atoms with Crippen molar-refractivity contribution in [2.24, 2.45) is 0 Å². The molecule has 0 radical (unpaired) electrons. The van der Waals surface area contributed by atoms with Crippen LogP contribution in [0.2, 0.25) is 0 Å². The Morgan fingerprint density at radius 1 is 0.909 bits per heavy atom. The lowest BCUT2D eigenvalue weighted by atomic mass is 10.2. The minimum Gasteiger partial charge on any atom is -0.506 e. The number of phenolic OH excluding ortho intramolecular Hbond substituents is 1. The first-order valence-corrected chi connectivity index (χ1v) is 12.2. The van der Waals surface area contributed by atoms with Crippen LogP contribution >= 0.6 is 0 Å². The number of sulfonamides is 2. The van der Waals surface area contributed by atoms with Gasteiger partial charge in [-0.15, -0.1) is 0 Å². The van der Waals surface area contributed by atoms with Crippen LogP contribution in [-0.4, -0.2) is 34.0 Å². The number of ether oxygens (including phenoxy) is 1. The molecular formula is C20H19N3O8S2. The number of nitrogens with zero attached hydrogens (tertiary/aromatic N) is 1. The molecule has 3 N–H and O–H groups in total. The highest BCUT2D eigenvalue weighted by molar-refractivity contribution is 7.93. The summed E-state index contributed by atoms with van der Waals surface area (Å²) in [6.45, 7) is 1.44. The van der Waals surface area contributed by atoms with Crippen LogP contribution in [0.1, 0.15) is 5.56 Å². The molecule has 0 saturated carbocycles. The maximum Gasteiger partial charge on any atom is 0.270 e. The van der Waals surface area contributed by atoms with Gasteiger partial charge >= 0.3 is 0 Å². The summed E-state index contributed by atoms with van der Waals surface area (Å²) in [7, 11) is -7.23. The minimum absolute atomic E-state index is 0.155. The maximum atomic E-state index is 12.9. The van der Waals surface area contributed by atoms with Gasteiger partial charge in [0.15, 0.2) is 0 Å². The van der Waals surface area contributed by atoms with Crippen LogP contribution in [0.3, 0.4) is 0 Å². The van der Waals surface area contributed by atoms with Crippen molar-refractivity contribution < 1.29 is 31.6 Å². The monoisotopic (exact) mass is 493 g/mol. The molecule has 11 nitrogen and oxygen atoms in total. The second-order valence-corrected chi connectivity index (χ2v) is 10.1. The smallest absolute Gasteiger partial charge is 0.270 e. The average molecular weight is 494 g/mol. The molecule has 33 heavy (non-hydrogen) atoms. The van der Waals surface area contributed by atoms with Crippen molar-refractivity contribution in [3.63, 3.8) is 0 Å². The van der Waals surface area contributed by atoms with E-state index in [9.17, 15) is 32.1 Å². The molecule has 3 aromatic rings. The number of nitro groups is 1. The molecule has 0 atom stereocenters. The Morgan fingerprint density at radius 3 is 2.24 bits per heavy atom. The third kappa shape index (κ3) is 5.15. The van der Waals surface area contributed by atoms with Gasteiger partial charge in [0, 0.05) is 12.1 Å². The summed E-state index contributed by atoms with van der Waals surface area (Å²) >= 11 is 0. The Bertz CT molecular complexity index is 1440. The Kier molecular flexibility index (Phi) is 6.46. The molecule has 3 rings (SSSR count). The van der Waals surface area contributed by atoms with Crippen molar-refractivity contribution in [3.8, 4) is 11.5 Å². The summed E-state index contributed by atoms with van der Waals surface area (Å²) < 4.78 is 60.9. The molecule has 0 aliphatic carbocycles. The molecule has 0 saturated heterocycles. The van der Waals surface area contributed by atoms with Crippen molar-refractivity contribution in [3.05, 3.63) is 76.3 Å². The highest BCUT2D eigenvalue weighted by Crippen LogP contribution is 2.32. The molecule has 0 fully saturated rings. The molecule has 0 spiro atoms. The van der Waals surface area contributed by atoms with Gasteiger partial charge in [-0.05, 0) is 42.8 Å². The van der Waals surface area contributed by atoms with E-state index in [4.69, 9.17) is 4.74 Å². The predicted molar refractivity (Wildman–Crippen MR) is 121 cm³/mol. The number of rotatable bonds is 8. The molecule has 0 bridgehead atoms. The van der Waals surface area contributed by atoms with E-state index in [1.165, 1.54) is 26.2 Å². The van der Waals surface area contributed by atoms with Crippen molar-refractivity contribution in [1.29, 1.82) is 0 Å². The number of non-ortho nitro benzene ring substituents is 1. The number of methoxy groups -OCH3 is 1. The Balaban J connectivity index is 1.98. The SMILES string of the molecule is COc1ccccc1NS(=O)(=O)c1ccc(O)c(NS(=O)(=O)c2cc([N+](=O)[O-])ccc2C)c1. The lowest BCUT2D eigenvalue weighted by Crippen LogP contribution is -2.17. The predicted octanol–water partition coefficient (Wildman–Crippen LogP) is 3.22. The topological polar surface area (TPSA) is 165 Å². The summed E-state index contributed by atoms with van der Waals surface area (Å²) in [5, 5.41) is 21.1. The number of hydrogen-bond acceptors (Lipinski definition) is 8. The van der Waals surface area contributed by atoms with Gasteiger partial charge in [0.05, 0.1) is 33.2 Å². The normalized spacial score (nSPS) is 11.6. The van der Waals surface area contributed by atoms with Gasteiger partial charge in [-0.2, -0.15) is 0 Å². The number of para-hydroxylation sites is 2. The van der Waals surface area contributed by atoms with Crippen LogP contribution in [0.25, 0.3) is 0 Å². The Labute approximate surface area is 189 Å². The van der Waals surface area contributed by atoms with Gasteiger partial charge in [0.2, 0.25) is 0 Å². The van der Waals surface area contributed by atoms with E-state index in [1.54, 1.807) is 18.2 Å². The lowest BCUT2D eigenvalue weighted by molar-refractivity contribution is -0.385. The molecule has 0 aliphatic heterocycles. The molecule has 0 aliphatic rings. The molecule has 0 heterocycles. The fourth-order valence-electron chi connectivity index (χ4n) is 2.89. The number of benzene rings is 3. The highest BCUT2D eigenvalue weighted by atomic mass is 32.2. The zero-order valence-corrected chi connectivity index (χ0v) is 19.0. The Hall–Kier alpha value is -3.84. The summed E-state index contributed by atoms with van der Waals surface area (Å²) in [4.78, 5) is 9.54. The maximum absolute atomic E-state index is 12.9. The second-order valence-electron chi connectivity index (χ2n) is 6.80. The van der Waals surface area contributed by atoms with E-state index >= 15 is 0 Å². The first kappa shape index (κ1) is 23.8. The number of phenols is 1. The molecule has 0 amide bonds. The largest absolute Gasteiger partial charge is 0.506 e. The summed E-state index contributed by atoms with van der Waals surface area (Å²) in [6.07, 6.45) is 0. The van der Waals surface area contributed by atoms with E-state index in [1.807, 2.05) is 0 Å². The van der Waals surface area contributed by atoms with Crippen molar-refractivity contribution >= 4 is 37.1 Å². The molecule has 3 aromatic carbocycles. The minimum atomic E-state index is -4.40. The first-order valence-electron chi connectivity index (χ1n) is 9.21. The fourth-order valence-corrected chi connectivity index (χ4v) is 5.32. The molecular weight excluding hydrogens is 474 g/mol. The number of nitro benzene ring substituents is 1. The second kappa shape index (κ2) is 8.96. The van der Waals surface area contributed by atoms with Gasteiger partial charge in [-0.1, -0.05) is 18.2 Å². The highest BCUT2D eigenvalue weighted by Gasteiger charge is 2.24. The van der Waals surface area contributed by atoms with E-state index in [0.29, 0.717) is 0 Å². The van der Waals surface area contributed by atoms with Crippen LogP contribution in [0.5, 0.6) is 11.5 Å². The van der Waals surface area contributed by atoms with Crippen molar-refractivity contribution in [2.75, 3.05) is 16.6 Å². The number of hydrogen-bond donors (Lipinski definition) is 3. The van der Waals surface area contributed by atoms with E-state index in [2.05, 4.69) is 9.44 Å². The van der Waals surface area contributed by atoms with Crippen LogP contribution < -0.4 is 14.2 Å². The van der Waals surface area contributed by atoms with E-state index in [0.717, 1.165) is 30.3 Å². The summed E-state index contributed by atoms with van der Waals surface area (Å²) in [5.41, 5.74) is -0.497. The standard InChI is InChI=1S/C20H19N3O8S2/c1-13-7-8-14(23(25)26)11-20(13)33(29,30)22-17-12-15(9-10-18(17)24)32(27,28)21-16-5-3-4-6-19(16)31-2/h3-12,21-22,24H,1-2H3. The van der Waals surface area contributed by atoms with Gasteiger partial charge in [-0.3, -0.25) is 19.6 Å². The van der Waals surface area contributed by atoms with Crippen LogP contribution in [0.4, 0.5) is 17.1 Å². The first-order chi connectivity index (χ1) is 15.4. The van der Waals surface area contributed by atoms with Crippen LogP contribution in [-0.2, 0) is 20.0 Å². The molecule has 174 valence electrons. The zero-order valence-electron chi connectivity index (χ0n) is 17.3. The number of anilines is 2. The van der Waals surface area contributed by atoms with E-state index < -0.39 is 47.0 Å².